The monoisotopic (exact) mass is 372 g/mol. The van der Waals surface area contributed by atoms with Crippen molar-refractivity contribution < 1.29 is 9.53 Å². The number of ether oxygens (including phenoxy) is 1. The zero-order valence-electron chi connectivity index (χ0n) is 13.3. The number of anilines is 1. The number of hydrogen-bond acceptors (Lipinski definition) is 3. The third-order valence-electron chi connectivity index (χ3n) is 3.41. The van der Waals surface area contributed by atoms with E-state index < -0.39 is 5.91 Å². The number of aryl methyl sites for hydroxylation is 1. The second-order valence-electron chi connectivity index (χ2n) is 5.33. The lowest BCUT2D eigenvalue weighted by atomic mass is 10.2. The Kier molecular flexibility index (Phi) is 5.22. The number of aromatic nitrogens is 1. The van der Waals surface area contributed by atoms with E-state index in [0.717, 1.165) is 5.56 Å². The molecule has 0 saturated carbocycles. The molecule has 0 aliphatic heterocycles. The van der Waals surface area contributed by atoms with Crippen molar-refractivity contribution in [3.63, 3.8) is 0 Å². The minimum Gasteiger partial charge on any atom is -0.455 e. The van der Waals surface area contributed by atoms with E-state index in [4.69, 9.17) is 27.9 Å². The van der Waals surface area contributed by atoms with Crippen molar-refractivity contribution in [2.24, 2.45) is 0 Å². The third kappa shape index (κ3) is 4.29. The van der Waals surface area contributed by atoms with E-state index >= 15 is 0 Å². The predicted molar refractivity (Wildman–Crippen MR) is 99.9 cm³/mol. The number of halogens is 2. The molecule has 0 radical (unpaired) electrons. The van der Waals surface area contributed by atoms with Gasteiger partial charge in [-0.2, -0.15) is 0 Å². The maximum atomic E-state index is 12.5. The minimum absolute atomic E-state index is 0.0549. The fraction of sp³-hybridized carbons (Fsp3) is 0.0526. The summed E-state index contributed by atoms with van der Waals surface area (Å²) in [4.78, 5) is 16.4. The van der Waals surface area contributed by atoms with Crippen molar-refractivity contribution in [3.8, 4) is 11.5 Å². The highest BCUT2D eigenvalue weighted by Crippen LogP contribution is 2.30. The summed E-state index contributed by atoms with van der Waals surface area (Å²) in [6.07, 6.45) is 0. The van der Waals surface area contributed by atoms with E-state index in [0.29, 0.717) is 17.2 Å². The van der Waals surface area contributed by atoms with Crippen LogP contribution in [-0.2, 0) is 0 Å². The van der Waals surface area contributed by atoms with Crippen LogP contribution in [0.4, 0.5) is 5.69 Å². The third-order valence-corrected chi connectivity index (χ3v) is 3.93. The molecule has 1 aromatic heterocycles. The molecule has 1 amide bonds. The molecule has 0 aliphatic carbocycles. The van der Waals surface area contributed by atoms with Crippen molar-refractivity contribution in [1.82, 2.24) is 4.98 Å². The molecule has 25 heavy (non-hydrogen) atoms. The van der Waals surface area contributed by atoms with Gasteiger partial charge in [0.1, 0.15) is 16.6 Å². The molecule has 0 fully saturated rings. The van der Waals surface area contributed by atoms with E-state index in [2.05, 4.69) is 10.3 Å². The Labute approximate surface area is 155 Å². The van der Waals surface area contributed by atoms with Crippen LogP contribution in [0.1, 0.15) is 16.1 Å². The van der Waals surface area contributed by atoms with Crippen LogP contribution in [0.2, 0.25) is 10.2 Å². The van der Waals surface area contributed by atoms with Crippen molar-refractivity contribution >= 4 is 34.8 Å². The Morgan fingerprint density at radius 2 is 1.72 bits per heavy atom. The van der Waals surface area contributed by atoms with Crippen LogP contribution in [0.5, 0.6) is 11.5 Å². The number of amides is 1. The van der Waals surface area contributed by atoms with E-state index in [9.17, 15) is 4.79 Å². The SMILES string of the molecule is Cc1ccc(Oc2ccccc2NC(=O)c2nc(Cl)ccc2Cl)cc1. The molecular weight excluding hydrogens is 359 g/mol. The number of carbonyl (C=O) groups excluding carboxylic acids is 1. The topological polar surface area (TPSA) is 51.2 Å². The van der Waals surface area contributed by atoms with E-state index in [-0.39, 0.29) is 15.9 Å². The Morgan fingerprint density at radius 3 is 2.48 bits per heavy atom. The van der Waals surface area contributed by atoms with Gasteiger partial charge in [-0.25, -0.2) is 4.98 Å². The number of para-hydroxylation sites is 2. The highest BCUT2D eigenvalue weighted by Gasteiger charge is 2.15. The average Bonchev–Trinajstić information content (AvgIpc) is 2.60. The largest absolute Gasteiger partial charge is 0.455 e. The van der Waals surface area contributed by atoms with Gasteiger partial charge in [0, 0.05) is 0 Å². The first-order valence-electron chi connectivity index (χ1n) is 7.50. The number of hydrogen-bond donors (Lipinski definition) is 1. The van der Waals surface area contributed by atoms with Gasteiger partial charge >= 0.3 is 0 Å². The second-order valence-corrected chi connectivity index (χ2v) is 6.12. The number of pyridine rings is 1. The molecule has 0 saturated heterocycles. The van der Waals surface area contributed by atoms with Crippen molar-refractivity contribution in [2.75, 3.05) is 5.32 Å². The van der Waals surface area contributed by atoms with Crippen LogP contribution in [0.15, 0.2) is 60.7 Å². The van der Waals surface area contributed by atoms with Crippen LogP contribution >= 0.6 is 23.2 Å². The molecule has 0 unspecified atom stereocenters. The van der Waals surface area contributed by atoms with Crippen LogP contribution in [0.3, 0.4) is 0 Å². The van der Waals surface area contributed by atoms with Crippen LogP contribution in [-0.4, -0.2) is 10.9 Å². The van der Waals surface area contributed by atoms with Gasteiger partial charge in [0.25, 0.3) is 5.91 Å². The fourth-order valence-electron chi connectivity index (χ4n) is 2.15. The second kappa shape index (κ2) is 7.55. The van der Waals surface area contributed by atoms with Gasteiger partial charge in [-0.05, 0) is 43.3 Å². The standard InChI is InChI=1S/C19H14Cl2N2O2/c1-12-6-8-13(9-7-12)25-16-5-3-2-4-15(16)22-19(24)18-14(20)10-11-17(21)23-18/h2-11H,1H3,(H,22,24). The van der Waals surface area contributed by atoms with Gasteiger partial charge < -0.3 is 10.1 Å². The van der Waals surface area contributed by atoms with Gasteiger partial charge in [-0.15, -0.1) is 0 Å². The quantitative estimate of drug-likeness (QED) is 0.593. The predicted octanol–water partition coefficient (Wildman–Crippen LogP) is 5.74. The fourth-order valence-corrected chi connectivity index (χ4v) is 2.49. The van der Waals surface area contributed by atoms with Crippen LogP contribution in [0, 0.1) is 6.92 Å². The number of benzene rings is 2. The van der Waals surface area contributed by atoms with Gasteiger partial charge in [-0.3, -0.25) is 4.79 Å². The lowest BCUT2D eigenvalue weighted by Crippen LogP contribution is -2.15. The van der Waals surface area contributed by atoms with Gasteiger partial charge in [-0.1, -0.05) is 53.0 Å². The molecule has 0 bridgehead atoms. The first kappa shape index (κ1) is 17.3. The molecule has 3 rings (SSSR count). The van der Waals surface area contributed by atoms with Gasteiger partial charge in [0.15, 0.2) is 5.75 Å². The molecule has 0 aliphatic rings. The van der Waals surface area contributed by atoms with Crippen molar-refractivity contribution in [2.45, 2.75) is 6.92 Å². The molecule has 126 valence electrons. The normalized spacial score (nSPS) is 10.4. The summed E-state index contributed by atoms with van der Waals surface area (Å²) in [5, 5.41) is 3.17. The Morgan fingerprint density at radius 1 is 1.00 bits per heavy atom. The summed E-state index contributed by atoms with van der Waals surface area (Å²) in [6, 6.07) is 17.8. The lowest BCUT2D eigenvalue weighted by Gasteiger charge is -2.12. The average molecular weight is 373 g/mol. The van der Waals surface area contributed by atoms with E-state index in [1.165, 1.54) is 12.1 Å². The summed E-state index contributed by atoms with van der Waals surface area (Å²) in [5.41, 5.74) is 1.70. The first-order valence-corrected chi connectivity index (χ1v) is 8.25. The van der Waals surface area contributed by atoms with Gasteiger partial charge in [0.05, 0.1) is 10.7 Å². The summed E-state index contributed by atoms with van der Waals surface area (Å²) < 4.78 is 5.86. The zero-order valence-corrected chi connectivity index (χ0v) is 14.8. The number of nitrogens with one attached hydrogen (secondary N) is 1. The summed E-state index contributed by atoms with van der Waals surface area (Å²) >= 11 is 11.9. The van der Waals surface area contributed by atoms with Crippen LogP contribution < -0.4 is 10.1 Å². The Hall–Kier alpha value is -2.56. The Bertz CT molecular complexity index is 912. The molecule has 0 atom stereocenters. The molecule has 4 nitrogen and oxygen atoms in total. The number of nitrogens with zero attached hydrogens (tertiary/aromatic N) is 1. The molecule has 1 N–H and O–H groups in total. The molecule has 6 heteroatoms. The maximum absolute atomic E-state index is 12.5. The summed E-state index contributed by atoms with van der Waals surface area (Å²) in [6.45, 7) is 2.00. The smallest absolute Gasteiger partial charge is 0.275 e. The van der Waals surface area contributed by atoms with E-state index in [1.807, 2.05) is 37.3 Å². The maximum Gasteiger partial charge on any atom is 0.275 e. The lowest BCUT2D eigenvalue weighted by molar-refractivity contribution is 0.102. The highest BCUT2D eigenvalue weighted by molar-refractivity contribution is 6.35. The van der Waals surface area contributed by atoms with E-state index in [1.54, 1.807) is 18.2 Å². The summed E-state index contributed by atoms with van der Waals surface area (Å²) in [7, 11) is 0. The van der Waals surface area contributed by atoms with Gasteiger partial charge in [0.2, 0.25) is 0 Å². The number of rotatable bonds is 4. The molecular formula is C19H14Cl2N2O2. The minimum atomic E-state index is -0.465. The van der Waals surface area contributed by atoms with Crippen LogP contribution in [0.25, 0.3) is 0 Å². The molecule has 1 heterocycles. The van der Waals surface area contributed by atoms with Crippen molar-refractivity contribution in [3.05, 3.63) is 82.1 Å². The molecule has 0 spiro atoms. The zero-order chi connectivity index (χ0) is 17.8. The molecule has 3 aromatic rings. The summed E-state index contributed by atoms with van der Waals surface area (Å²) in [5.74, 6) is 0.719. The first-order chi connectivity index (χ1) is 12.0. The number of carbonyl (C=O) groups is 1. The van der Waals surface area contributed by atoms with Crippen molar-refractivity contribution in [1.29, 1.82) is 0 Å². The highest BCUT2D eigenvalue weighted by atomic mass is 35.5. The molecule has 2 aromatic carbocycles. The Balaban J connectivity index is 1.84.